The van der Waals surface area contributed by atoms with E-state index in [0.717, 1.165) is 10.9 Å². The second kappa shape index (κ2) is 7.81. The largest absolute Gasteiger partial charge is 0.484 e. The first kappa shape index (κ1) is 17.6. The number of para-hydroxylation sites is 1. The van der Waals surface area contributed by atoms with Crippen molar-refractivity contribution >= 4 is 40.1 Å². The monoisotopic (exact) mass is 399 g/mol. The molecule has 0 saturated heterocycles. The zero-order valence-corrected chi connectivity index (χ0v) is 15.6. The minimum Gasteiger partial charge on any atom is -0.484 e. The van der Waals surface area contributed by atoms with E-state index in [0.29, 0.717) is 39.3 Å². The Hall–Kier alpha value is -2.84. The van der Waals surface area contributed by atoms with E-state index in [4.69, 9.17) is 26.5 Å². The van der Waals surface area contributed by atoms with Gasteiger partial charge >= 0.3 is 0 Å². The average molecular weight is 400 g/mol. The van der Waals surface area contributed by atoms with Crippen molar-refractivity contribution in [3.63, 3.8) is 0 Å². The highest BCUT2D eigenvalue weighted by Gasteiger charge is 2.10. The lowest BCUT2D eigenvalue weighted by atomic mass is 10.2. The number of halogens is 1. The van der Waals surface area contributed by atoms with Gasteiger partial charge in [0.2, 0.25) is 0 Å². The number of anilines is 1. The number of fused-ring (bicyclic) bond motifs is 1. The maximum atomic E-state index is 6.00. The Kier molecular flexibility index (Phi) is 5.08. The lowest BCUT2D eigenvalue weighted by Gasteiger charge is -2.04. The molecule has 0 fully saturated rings. The van der Waals surface area contributed by atoms with E-state index in [9.17, 15) is 0 Å². The van der Waals surface area contributed by atoms with E-state index >= 15 is 0 Å². The predicted octanol–water partition coefficient (Wildman–Crippen LogP) is 4.12. The van der Waals surface area contributed by atoms with Crippen molar-refractivity contribution in [2.75, 3.05) is 5.73 Å². The van der Waals surface area contributed by atoms with Crippen molar-refractivity contribution in [1.82, 2.24) is 20.2 Å². The number of hydrogen-bond donors (Lipinski definition) is 1. The van der Waals surface area contributed by atoms with Crippen LogP contribution in [0, 0.1) is 0 Å². The zero-order chi connectivity index (χ0) is 18.6. The summed E-state index contributed by atoms with van der Waals surface area (Å²) >= 11 is 7.18. The molecule has 136 valence electrons. The number of hydrogen-bond acceptors (Lipinski definition) is 8. The fourth-order valence-electron chi connectivity index (χ4n) is 2.37. The van der Waals surface area contributed by atoms with Crippen LogP contribution in [0.1, 0.15) is 11.7 Å². The Labute approximate surface area is 163 Å². The summed E-state index contributed by atoms with van der Waals surface area (Å²) in [5.41, 5.74) is 6.81. The summed E-state index contributed by atoms with van der Waals surface area (Å²) in [5, 5.41) is 9.88. The van der Waals surface area contributed by atoms with Crippen LogP contribution >= 0.6 is 23.4 Å². The van der Waals surface area contributed by atoms with Crippen LogP contribution in [-0.2, 0) is 12.4 Å². The number of ether oxygens (including phenoxy) is 1. The Balaban J connectivity index is 1.37. The second-order valence-corrected chi connectivity index (χ2v) is 6.90. The average Bonchev–Trinajstić information content (AvgIpc) is 3.14. The highest BCUT2D eigenvalue weighted by Crippen LogP contribution is 2.24. The highest BCUT2D eigenvalue weighted by atomic mass is 35.5. The van der Waals surface area contributed by atoms with Crippen LogP contribution < -0.4 is 10.5 Å². The van der Waals surface area contributed by atoms with Gasteiger partial charge in [-0.3, -0.25) is 0 Å². The van der Waals surface area contributed by atoms with Crippen molar-refractivity contribution < 1.29 is 9.15 Å². The molecule has 4 rings (SSSR count). The van der Waals surface area contributed by atoms with Gasteiger partial charge in [-0.05, 0) is 36.4 Å². The Morgan fingerprint density at radius 2 is 1.85 bits per heavy atom. The zero-order valence-electron chi connectivity index (χ0n) is 14.0. The topological polar surface area (TPSA) is 100.0 Å². The lowest BCUT2D eigenvalue weighted by Crippen LogP contribution is -1.99. The lowest BCUT2D eigenvalue weighted by molar-refractivity contribution is 0.252. The van der Waals surface area contributed by atoms with Crippen LogP contribution in [0.25, 0.3) is 10.9 Å². The minimum absolute atomic E-state index is 0.175. The van der Waals surface area contributed by atoms with E-state index in [1.807, 2.05) is 24.3 Å². The summed E-state index contributed by atoms with van der Waals surface area (Å²) in [7, 11) is 0. The predicted molar refractivity (Wildman–Crippen MR) is 104 cm³/mol. The summed E-state index contributed by atoms with van der Waals surface area (Å²) in [6, 6.07) is 14.7. The highest BCUT2D eigenvalue weighted by molar-refractivity contribution is 7.98. The summed E-state index contributed by atoms with van der Waals surface area (Å²) in [6.45, 7) is 0.175. The van der Waals surface area contributed by atoms with Crippen molar-refractivity contribution in [3.8, 4) is 5.75 Å². The molecule has 7 nitrogen and oxygen atoms in total. The third kappa shape index (κ3) is 4.29. The molecule has 0 aliphatic rings. The molecule has 2 aromatic carbocycles. The quantitative estimate of drug-likeness (QED) is 0.483. The summed E-state index contributed by atoms with van der Waals surface area (Å²) in [4.78, 5) is 8.83. The molecule has 2 aromatic heterocycles. The smallest absolute Gasteiger partial charge is 0.277 e. The first-order valence-electron chi connectivity index (χ1n) is 8.02. The van der Waals surface area contributed by atoms with E-state index < -0.39 is 0 Å². The van der Waals surface area contributed by atoms with Gasteiger partial charge in [0.1, 0.15) is 17.4 Å². The molecule has 0 unspecified atom stereocenters. The fraction of sp³-hybridized carbons (Fsp3) is 0.111. The van der Waals surface area contributed by atoms with Crippen molar-refractivity contribution in [1.29, 1.82) is 0 Å². The van der Waals surface area contributed by atoms with Crippen LogP contribution in [0.2, 0.25) is 5.02 Å². The van der Waals surface area contributed by atoms with Crippen LogP contribution in [0.15, 0.2) is 58.2 Å². The van der Waals surface area contributed by atoms with Gasteiger partial charge in [0, 0.05) is 10.4 Å². The Morgan fingerprint density at radius 1 is 1.04 bits per heavy atom. The normalized spacial score (nSPS) is 11.0. The van der Waals surface area contributed by atoms with E-state index in [-0.39, 0.29) is 6.61 Å². The third-order valence-corrected chi connectivity index (χ3v) is 4.69. The molecule has 0 amide bonds. The van der Waals surface area contributed by atoms with Gasteiger partial charge in [0.15, 0.2) is 6.61 Å². The van der Waals surface area contributed by atoms with Crippen LogP contribution in [0.5, 0.6) is 5.75 Å². The van der Waals surface area contributed by atoms with Gasteiger partial charge in [0.05, 0.1) is 11.3 Å². The molecule has 0 radical (unpaired) electrons. The molecule has 0 atom stereocenters. The molecule has 27 heavy (non-hydrogen) atoms. The van der Waals surface area contributed by atoms with E-state index in [2.05, 4.69) is 20.2 Å². The van der Waals surface area contributed by atoms with Gasteiger partial charge < -0.3 is 14.9 Å². The molecule has 0 saturated carbocycles. The molecule has 0 aliphatic heterocycles. The van der Waals surface area contributed by atoms with Crippen molar-refractivity contribution in [3.05, 3.63) is 65.3 Å². The van der Waals surface area contributed by atoms with Gasteiger partial charge in [-0.1, -0.05) is 35.5 Å². The Morgan fingerprint density at radius 3 is 2.70 bits per heavy atom. The van der Waals surface area contributed by atoms with Crippen molar-refractivity contribution in [2.24, 2.45) is 0 Å². The molecule has 2 N–H and O–H groups in total. The fourth-order valence-corrected chi connectivity index (χ4v) is 3.13. The Bertz CT molecular complexity index is 1070. The summed E-state index contributed by atoms with van der Waals surface area (Å²) in [5.74, 6) is 2.58. The maximum Gasteiger partial charge on any atom is 0.277 e. The number of aromatic nitrogens is 4. The van der Waals surface area contributed by atoms with Gasteiger partial charge in [-0.25, -0.2) is 9.97 Å². The standard InChI is InChI=1S/C18H14ClN5O2S/c19-11-5-7-12(8-6-11)25-9-16-23-24-18(26-16)27-10-15-21-14-4-2-1-3-13(14)17(20)22-15/h1-8H,9-10H2,(H2,20,21,22). The molecule has 0 spiro atoms. The number of thioether (sulfide) groups is 1. The number of benzene rings is 2. The van der Waals surface area contributed by atoms with Crippen LogP contribution in [0.3, 0.4) is 0 Å². The number of nitrogens with two attached hydrogens (primary N) is 1. The third-order valence-electron chi connectivity index (χ3n) is 3.63. The summed E-state index contributed by atoms with van der Waals surface area (Å²) in [6.07, 6.45) is 0. The number of nitrogen functional groups attached to an aromatic ring is 1. The SMILES string of the molecule is Nc1nc(CSc2nnc(COc3ccc(Cl)cc3)o2)nc2ccccc12. The molecular weight excluding hydrogens is 386 g/mol. The second-order valence-electron chi connectivity index (χ2n) is 5.54. The van der Waals surface area contributed by atoms with Gasteiger partial charge in [-0.2, -0.15) is 0 Å². The minimum atomic E-state index is 0.175. The van der Waals surface area contributed by atoms with Crippen molar-refractivity contribution in [2.45, 2.75) is 17.6 Å². The van der Waals surface area contributed by atoms with E-state index in [1.54, 1.807) is 24.3 Å². The van der Waals surface area contributed by atoms with Crippen LogP contribution in [0.4, 0.5) is 5.82 Å². The molecule has 4 aromatic rings. The molecule has 0 bridgehead atoms. The summed E-state index contributed by atoms with van der Waals surface area (Å²) < 4.78 is 11.2. The van der Waals surface area contributed by atoms with Gasteiger partial charge in [0.25, 0.3) is 11.1 Å². The van der Waals surface area contributed by atoms with Gasteiger partial charge in [-0.15, -0.1) is 10.2 Å². The molecule has 2 heterocycles. The first-order valence-corrected chi connectivity index (χ1v) is 9.38. The number of rotatable bonds is 6. The molecular formula is C18H14ClN5O2S. The molecule has 9 heteroatoms. The first-order chi connectivity index (χ1) is 13.2. The van der Waals surface area contributed by atoms with E-state index in [1.165, 1.54) is 11.8 Å². The molecule has 0 aliphatic carbocycles. The van der Waals surface area contributed by atoms with Crippen LogP contribution in [-0.4, -0.2) is 20.2 Å². The maximum absolute atomic E-state index is 6.00. The number of nitrogens with zero attached hydrogens (tertiary/aromatic N) is 4.